The van der Waals surface area contributed by atoms with Crippen molar-refractivity contribution < 1.29 is 14.6 Å². The maximum absolute atomic E-state index is 11.5. The Labute approximate surface area is 99.4 Å². The predicted octanol–water partition coefficient (Wildman–Crippen LogP) is 3.58. The van der Waals surface area contributed by atoms with E-state index in [1.165, 1.54) is 0 Å². The van der Waals surface area contributed by atoms with Crippen molar-refractivity contribution in [3.63, 3.8) is 0 Å². The Morgan fingerprint density at radius 3 is 1.69 bits per heavy atom. The van der Waals surface area contributed by atoms with Gasteiger partial charge in [-0.15, -0.1) is 0 Å². The van der Waals surface area contributed by atoms with Gasteiger partial charge in [-0.3, -0.25) is 4.89 Å². The van der Waals surface area contributed by atoms with E-state index in [2.05, 4.69) is 34.6 Å². The molecule has 0 aliphatic rings. The van der Waals surface area contributed by atoms with Gasteiger partial charge >= 0.3 is 5.97 Å². The van der Waals surface area contributed by atoms with Gasteiger partial charge in [-0.2, -0.15) is 4.89 Å². The van der Waals surface area contributed by atoms with Gasteiger partial charge in [0, 0.05) is 0 Å². The smallest absolute Gasteiger partial charge is 0.298 e. The van der Waals surface area contributed by atoms with Crippen LogP contribution in [0.15, 0.2) is 0 Å². The van der Waals surface area contributed by atoms with Crippen molar-refractivity contribution in [2.45, 2.75) is 55.4 Å². The molecule has 0 aromatic rings. The van der Waals surface area contributed by atoms with Crippen LogP contribution in [0.5, 0.6) is 0 Å². The molecule has 0 saturated carbocycles. The molecule has 0 heterocycles. The summed E-state index contributed by atoms with van der Waals surface area (Å²) in [6.07, 6.45) is 0. The number of rotatable bonds is 3. The van der Waals surface area contributed by atoms with Crippen molar-refractivity contribution in [1.82, 2.24) is 0 Å². The molecular weight excluding hydrogens is 204 g/mol. The Kier molecular flexibility index (Phi) is 4.57. The van der Waals surface area contributed by atoms with E-state index in [0.717, 1.165) is 0 Å². The summed E-state index contributed by atoms with van der Waals surface area (Å²) < 4.78 is 0. The molecule has 3 nitrogen and oxygen atoms in total. The van der Waals surface area contributed by atoms with Crippen LogP contribution in [0.3, 0.4) is 0 Å². The Bertz CT molecular complexity index is 241. The second-order valence-electron chi connectivity index (χ2n) is 7.02. The highest BCUT2D eigenvalue weighted by molar-refractivity contribution is 5.74. The van der Waals surface area contributed by atoms with Gasteiger partial charge in [0.15, 0.2) is 0 Å². The third kappa shape index (κ3) is 4.52. The molecule has 0 bridgehead atoms. The van der Waals surface area contributed by atoms with Gasteiger partial charge in [0.05, 0.1) is 12.0 Å². The molecule has 0 unspecified atom stereocenters. The number of hydrogen-bond acceptors (Lipinski definition) is 3. The lowest BCUT2D eigenvalue weighted by atomic mass is 9.70. The summed E-state index contributed by atoms with van der Waals surface area (Å²) >= 11 is 0. The molecule has 0 spiro atoms. The first kappa shape index (κ1) is 15.4. The average Bonchev–Trinajstić information content (AvgIpc) is 1.99. The van der Waals surface area contributed by atoms with Gasteiger partial charge in [-0.05, 0) is 31.6 Å². The van der Waals surface area contributed by atoms with Crippen LogP contribution < -0.4 is 0 Å². The van der Waals surface area contributed by atoms with Crippen LogP contribution in [0.25, 0.3) is 0 Å². The van der Waals surface area contributed by atoms with Gasteiger partial charge < -0.3 is 0 Å². The normalized spacial score (nSPS) is 13.8. The third-order valence-electron chi connectivity index (χ3n) is 3.20. The molecule has 0 aromatic heterocycles. The van der Waals surface area contributed by atoms with Crippen LogP contribution in [0.2, 0.25) is 0 Å². The molecule has 16 heavy (non-hydrogen) atoms. The van der Waals surface area contributed by atoms with Gasteiger partial charge in [0.25, 0.3) is 0 Å². The van der Waals surface area contributed by atoms with Crippen molar-refractivity contribution in [3.05, 3.63) is 0 Å². The van der Waals surface area contributed by atoms with E-state index in [0.29, 0.717) is 6.61 Å². The first-order chi connectivity index (χ1) is 6.88. The molecular formula is C13H26O3. The Hall–Kier alpha value is -0.570. The SMILES string of the molecule is CC(C)(C)C(=O)OOCC(C)(C)C(C)(C)C. The van der Waals surface area contributed by atoms with E-state index in [1.807, 2.05) is 0 Å². The van der Waals surface area contributed by atoms with Crippen LogP contribution in [0.1, 0.15) is 55.4 Å². The number of carbonyl (C=O) groups excluding carboxylic acids is 1. The molecule has 0 fully saturated rings. The zero-order chi connectivity index (χ0) is 13.2. The number of carbonyl (C=O) groups is 1. The largest absolute Gasteiger partial charge is 0.347 e. The fourth-order valence-corrected chi connectivity index (χ4v) is 0.572. The maximum Gasteiger partial charge on any atom is 0.347 e. The Morgan fingerprint density at radius 1 is 0.938 bits per heavy atom. The lowest BCUT2D eigenvalue weighted by molar-refractivity contribution is -0.295. The third-order valence-corrected chi connectivity index (χ3v) is 3.20. The molecule has 0 amide bonds. The summed E-state index contributed by atoms with van der Waals surface area (Å²) in [6.45, 7) is 16.4. The van der Waals surface area contributed by atoms with E-state index in [9.17, 15) is 4.79 Å². The van der Waals surface area contributed by atoms with E-state index in [-0.39, 0.29) is 16.8 Å². The molecule has 0 saturated heterocycles. The summed E-state index contributed by atoms with van der Waals surface area (Å²) in [5, 5.41) is 0. The number of hydrogen-bond donors (Lipinski definition) is 0. The standard InChI is InChI=1S/C13H26O3/c1-11(2,3)10(14)16-15-9-13(7,8)12(4,5)6/h9H2,1-8H3. The second kappa shape index (κ2) is 4.74. The monoisotopic (exact) mass is 230 g/mol. The summed E-state index contributed by atoms with van der Waals surface area (Å²) in [5.41, 5.74) is -0.474. The van der Waals surface area contributed by atoms with Crippen LogP contribution in [0, 0.1) is 16.2 Å². The molecule has 0 radical (unpaired) electrons. The summed E-state index contributed by atoms with van der Waals surface area (Å²) in [6, 6.07) is 0. The Balaban J connectivity index is 4.15. The van der Waals surface area contributed by atoms with Crippen molar-refractivity contribution in [2.24, 2.45) is 16.2 Å². The van der Waals surface area contributed by atoms with Crippen molar-refractivity contribution in [2.75, 3.05) is 6.61 Å². The van der Waals surface area contributed by atoms with Crippen LogP contribution in [-0.4, -0.2) is 12.6 Å². The summed E-state index contributed by atoms with van der Waals surface area (Å²) in [4.78, 5) is 21.3. The van der Waals surface area contributed by atoms with Gasteiger partial charge in [0.2, 0.25) is 0 Å². The lowest BCUT2D eigenvalue weighted by Gasteiger charge is -2.37. The van der Waals surface area contributed by atoms with Crippen LogP contribution >= 0.6 is 0 Å². The molecule has 0 atom stereocenters. The van der Waals surface area contributed by atoms with Crippen molar-refractivity contribution in [1.29, 1.82) is 0 Å². The van der Waals surface area contributed by atoms with Crippen LogP contribution in [-0.2, 0) is 14.6 Å². The van der Waals surface area contributed by atoms with E-state index in [4.69, 9.17) is 9.78 Å². The topological polar surface area (TPSA) is 35.5 Å². The first-order valence-electron chi connectivity index (χ1n) is 5.72. The highest BCUT2D eigenvalue weighted by atomic mass is 17.2. The maximum atomic E-state index is 11.5. The molecule has 3 heteroatoms. The fraction of sp³-hybridized carbons (Fsp3) is 0.923. The van der Waals surface area contributed by atoms with Gasteiger partial charge in [-0.25, -0.2) is 4.79 Å². The lowest BCUT2D eigenvalue weighted by Crippen LogP contribution is -2.35. The zero-order valence-corrected chi connectivity index (χ0v) is 11.9. The minimum Gasteiger partial charge on any atom is -0.298 e. The first-order valence-corrected chi connectivity index (χ1v) is 5.72. The molecule has 0 N–H and O–H groups in total. The van der Waals surface area contributed by atoms with Crippen molar-refractivity contribution >= 4 is 5.97 Å². The zero-order valence-electron chi connectivity index (χ0n) is 11.9. The predicted molar refractivity (Wildman–Crippen MR) is 64.7 cm³/mol. The van der Waals surface area contributed by atoms with Gasteiger partial charge in [-0.1, -0.05) is 34.6 Å². The van der Waals surface area contributed by atoms with Gasteiger partial charge in [0.1, 0.15) is 0 Å². The van der Waals surface area contributed by atoms with Crippen LogP contribution in [0.4, 0.5) is 0 Å². The second-order valence-corrected chi connectivity index (χ2v) is 7.02. The highest BCUT2D eigenvalue weighted by Gasteiger charge is 2.34. The van der Waals surface area contributed by atoms with E-state index < -0.39 is 5.41 Å². The summed E-state index contributed by atoms with van der Waals surface area (Å²) in [5.74, 6) is -0.336. The Morgan fingerprint density at radius 2 is 1.38 bits per heavy atom. The molecule has 0 rings (SSSR count). The van der Waals surface area contributed by atoms with E-state index >= 15 is 0 Å². The van der Waals surface area contributed by atoms with Crippen molar-refractivity contribution in [3.8, 4) is 0 Å². The highest BCUT2D eigenvalue weighted by Crippen LogP contribution is 2.38. The molecule has 96 valence electrons. The average molecular weight is 230 g/mol. The molecule has 0 aromatic carbocycles. The molecule has 0 aliphatic heterocycles. The summed E-state index contributed by atoms with van der Waals surface area (Å²) in [7, 11) is 0. The minimum absolute atomic E-state index is 0.0504. The minimum atomic E-state index is -0.522. The molecule has 0 aliphatic carbocycles. The quantitative estimate of drug-likeness (QED) is 0.549. The fourth-order valence-electron chi connectivity index (χ4n) is 0.572. The van der Waals surface area contributed by atoms with E-state index in [1.54, 1.807) is 20.8 Å².